The first kappa shape index (κ1) is 23.7. The van der Waals surface area contributed by atoms with E-state index in [4.69, 9.17) is 0 Å². The van der Waals surface area contributed by atoms with E-state index in [0.717, 1.165) is 5.56 Å². The van der Waals surface area contributed by atoms with Crippen molar-refractivity contribution < 1.29 is 23.1 Å². The van der Waals surface area contributed by atoms with Gasteiger partial charge in [0.05, 0.1) is 17.5 Å². The fourth-order valence-electron chi connectivity index (χ4n) is 4.07. The molecular formula is C23H29N3O5S. The maximum Gasteiger partial charge on any atom is 0.329 e. The van der Waals surface area contributed by atoms with Crippen molar-refractivity contribution in [2.45, 2.75) is 43.7 Å². The first-order valence-electron chi connectivity index (χ1n) is 10.6. The highest BCUT2D eigenvalue weighted by atomic mass is 32.2. The Bertz CT molecular complexity index is 1060. The highest BCUT2D eigenvalue weighted by Gasteiger charge is 2.37. The lowest BCUT2D eigenvalue weighted by molar-refractivity contribution is -0.134. The Kier molecular flexibility index (Phi) is 7.52. The molecule has 1 aliphatic heterocycles. The van der Waals surface area contributed by atoms with Crippen LogP contribution in [0.3, 0.4) is 0 Å². The molecule has 1 heterocycles. The quantitative estimate of drug-likeness (QED) is 0.584. The first-order chi connectivity index (χ1) is 15.2. The van der Waals surface area contributed by atoms with Gasteiger partial charge < -0.3 is 15.3 Å². The van der Waals surface area contributed by atoms with Crippen LogP contribution in [0.15, 0.2) is 59.5 Å². The molecular weight excluding hydrogens is 430 g/mol. The van der Waals surface area contributed by atoms with Crippen LogP contribution in [0.5, 0.6) is 0 Å². The van der Waals surface area contributed by atoms with Gasteiger partial charge in [0.15, 0.2) is 0 Å². The van der Waals surface area contributed by atoms with Gasteiger partial charge in [-0.15, -0.1) is 0 Å². The summed E-state index contributed by atoms with van der Waals surface area (Å²) in [6.07, 6.45) is 0.870. The summed E-state index contributed by atoms with van der Waals surface area (Å²) in [5.41, 5.74) is 1.32. The summed E-state index contributed by atoms with van der Waals surface area (Å²) in [5.74, 6) is -0.121. The van der Waals surface area contributed by atoms with Crippen LogP contribution in [0.25, 0.3) is 0 Å². The zero-order chi connectivity index (χ0) is 23.3. The second kappa shape index (κ2) is 10.1. The van der Waals surface area contributed by atoms with Crippen LogP contribution in [0.2, 0.25) is 0 Å². The van der Waals surface area contributed by atoms with E-state index < -0.39 is 22.1 Å². The van der Waals surface area contributed by atoms with Gasteiger partial charge in [-0.2, -0.15) is 0 Å². The van der Waals surface area contributed by atoms with Gasteiger partial charge in [-0.05, 0) is 36.5 Å². The van der Waals surface area contributed by atoms with E-state index in [0.29, 0.717) is 18.5 Å². The normalized spacial score (nSPS) is 19.4. The van der Waals surface area contributed by atoms with Gasteiger partial charge in [-0.3, -0.25) is 4.79 Å². The Labute approximate surface area is 188 Å². The van der Waals surface area contributed by atoms with Gasteiger partial charge in [-0.25, -0.2) is 17.9 Å². The number of rotatable bonds is 7. The van der Waals surface area contributed by atoms with E-state index in [1.165, 1.54) is 6.07 Å². The van der Waals surface area contributed by atoms with E-state index in [1.54, 1.807) is 30.0 Å². The van der Waals surface area contributed by atoms with Crippen LogP contribution in [0, 0.1) is 12.8 Å². The van der Waals surface area contributed by atoms with Gasteiger partial charge >= 0.3 is 6.03 Å². The lowest BCUT2D eigenvalue weighted by Gasteiger charge is -2.28. The number of nitrogens with one attached hydrogen (secondary N) is 2. The third kappa shape index (κ3) is 5.66. The van der Waals surface area contributed by atoms with Crippen LogP contribution >= 0.6 is 0 Å². The predicted molar refractivity (Wildman–Crippen MR) is 120 cm³/mol. The molecule has 3 amide bonds. The molecule has 3 N–H and O–H groups in total. The maximum atomic E-state index is 13.3. The first-order valence-corrected chi connectivity index (χ1v) is 12.0. The number of aliphatic hydroxyl groups is 1. The number of carbonyl (C=O) groups is 2. The van der Waals surface area contributed by atoms with Crippen LogP contribution < -0.4 is 10.0 Å². The highest BCUT2D eigenvalue weighted by molar-refractivity contribution is 7.90. The van der Waals surface area contributed by atoms with E-state index in [1.807, 2.05) is 42.0 Å². The Morgan fingerprint density at radius 1 is 1.12 bits per heavy atom. The summed E-state index contributed by atoms with van der Waals surface area (Å²) in [6.45, 7) is 3.94. The Morgan fingerprint density at radius 2 is 1.78 bits per heavy atom. The molecule has 9 heteroatoms. The van der Waals surface area contributed by atoms with E-state index in [9.17, 15) is 23.1 Å². The molecule has 32 heavy (non-hydrogen) atoms. The lowest BCUT2D eigenvalue weighted by Crippen LogP contribution is -2.54. The summed E-state index contributed by atoms with van der Waals surface area (Å²) in [6, 6.07) is 13.2. The van der Waals surface area contributed by atoms with Gasteiger partial charge in [-0.1, -0.05) is 55.5 Å². The summed E-state index contributed by atoms with van der Waals surface area (Å²) >= 11 is 0. The number of carbonyl (C=O) groups excluding carboxylic acids is 2. The summed E-state index contributed by atoms with van der Waals surface area (Å²) < 4.78 is 27.4. The topological polar surface area (TPSA) is 116 Å². The standard InChI is InChI=1S/C23H29N3O5S/c1-16-12-19(15-27)26(14-16)22(28)20(13-18-9-4-3-5-10-18)24-23(29)25-32(30,31)21-11-7-6-8-17(21)2/h3-11,16,19-20,27H,12-15H2,1-2H3,(H2,24,25,29)/t16-,19-,20-/m0/s1. The summed E-state index contributed by atoms with van der Waals surface area (Å²) in [7, 11) is -4.10. The van der Waals surface area contributed by atoms with Crippen molar-refractivity contribution in [3.05, 3.63) is 65.7 Å². The molecule has 172 valence electrons. The van der Waals surface area contributed by atoms with E-state index in [-0.39, 0.29) is 35.8 Å². The van der Waals surface area contributed by atoms with Gasteiger partial charge in [0.25, 0.3) is 10.0 Å². The number of urea groups is 1. The van der Waals surface area contributed by atoms with Crippen LogP contribution in [0.1, 0.15) is 24.5 Å². The number of hydrogen-bond donors (Lipinski definition) is 3. The summed E-state index contributed by atoms with van der Waals surface area (Å²) in [4.78, 5) is 27.5. The molecule has 0 unspecified atom stereocenters. The highest BCUT2D eigenvalue weighted by Crippen LogP contribution is 2.24. The number of nitrogens with zero attached hydrogens (tertiary/aromatic N) is 1. The monoisotopic (exact) mass is 459 g/mol. The number of amides is 3. The number of benzene rings is 2. The number of sulfonamides is 1. The van der Waals surface area contributed by atoms with Crippen molar-refractivity contribution in [1.82, 2.24) is 14.9 Å². The maximum absolute atomic E-state index is 13.3. The molecule has 0 bridgehead atoms. The summed E-state index contributed by atoms with van der Waals surface area (Å²) in [5, 5.41) is 12.2. The van der Waals surface area contributed by atoms with Crippen molar-refractivity contribution in [1.29, 1.82) is 0 Å². The molecule has 0 aromatic heterocycles. The van der Waals surface area contributed by atoms with Crippen molar-refractivity contribution in [2.75, 3.05) is 13.2 Å². The molecule has 0 saturated carbocycles. The van der Waals surface area contributed by atoms with E-state index in [2.05, 4.69) is 5.32 Å². The molecule has 3 atom stereocenters. The van der Waals surface area contributed by atoms with Crippen LogP contribution in [-0.4, -0.2) is 55.6 Å². The van der Waals surface area contributed by atoms with Crippen molar-refractivity contribution in [3.8, 4) is 0 Å². The van der Waals surface area contributed by atoms with Crippen molar-refractivity contribution in [3.63, 3.8) is 0 Å². The minimum atomic E-state index is -4.10. The lowest BCUT2D eigenvalue weighted by atomic mass is 10.0. The van der Waals surface area contributed by atoms with E-state index >= 15 is 0 Å². The SMILES string of the molecule is Cc1ccccc1S(=O)(=O)NC(=O)N[C@@H](Cc1ccccc1)C(=O)N1C[C@@H](C)C[C@H]1CO. The molecule has 1 saturated heterocycles. The Balaban J connectivity index is 1.79. The fraction of sp³-hybridized carbons (Fsp3) is 0.391. The second-order valence-electron chi connectivity index (χ2n) is 8.25. The van der Waals surface area contributed by atoms with Gasteiger partial charge in [0.2, 0.25) is 5.91 Å². The molecule has 2 aromatic rings. The number of hydrogen-bond acceptors (Lipinski definition) is 5. The molecule has 0 spiro atoms. The van der Waals surface area contributed by atoms with Gasteiger partial charge in [0.1, 0.15) is 6.04 Å². The third-order valence-corrected chi connectivity index (χ3v) is 7.10. The smallest absolute Gasteiger partial charge is 0.329 e. The number of aliphatic hydroxyl groups excluding tert-OH is 1. The van der Waals surface area contributed by atoms with Gasteiger partial charge in [0, 0.05) is 13.0 Å². The van der Waals surface area contributed by atoms with Crippen molar-refractivity contribution in [2.24, 2.45) is 5.92 Å². The zero-order valence-electron chi connectivity index (χ0n) is 18.2. The second-order valence-corrected chi connectivity index (χ2v) is 9.91. The predicted octanol–water partition coefficient (Wildman–Crippen LogP) is 1.82. The molecule has 2 aromatic carbocycles. The molecule has 8 nitrogen and oxygen atoms in total. The molecule has 1 fully saturated rings. The third-order valence-electron chi connectivity index (χ3n) is 5.61. The number of likely N-dealkylation sites (tertiary alicyclic amines) is 1. The molecule has 3 rings (SSSR count). The average molecular weight is 460 g/mol. The number of aryl methyl sites for hydroxylation is 1. The molecule has 1 aliphatic rings. The van der Waals surface area contributed by atoms with Crippen LogP contribution in [-0.2, 0) is 21.2 Å². The largest absolute Gasteiger partial charge is 0.394 e. The Hall–Kier alpha value is -2.91. The van der Waals surface area contributed by atoms with Crippen LogP contribution in [0.4, 0.5) is 4.79 Å². The molecule has 0 aliphatic carbocycles. The average Bonchev–Trinajstić information content (AvgIpc) is 3.14. The zero-order valence-corrected chi connectivity index (χ0v) is 19.0. The fourth-order valence-corrected chi connectivity index (χ4v) is 5.23. The van der Waals surface area contributed by atoms with Crippen molar-refractivity contribution >= 4 is 22.0 Å². The minimum Gasteiger partial charge on any atom is -0.394 e. The Morgan fingerprint density at radius 3 is 2.44 bits per heavy atom. The minimum absolute atomic E-state index is 0.00482. The molecule has 0 radical (unpaired) electrons.